The molecule has 33 heavy (non-hydrogen) atoms. The Morgan fingerprint density at radius 3 is 2.79 bits per heavy atom. The van der Waals surface area contributed by atoms with Crippen LogP contribution < -0.4 is 15.2 Å². The zero-order valence-corrected chi connectivity index (χ0v) is 19.2. The van der Waals surface area contributed by atoms with Crippen LogP contribution in [0, 0.1) is 0 Å². The average molecular weight is 450 g/mol. The van der Waals surface area contributed by atoms with E-state index in [4.69, 9.17) is 14.5 Å². The van der Waals surface area contributed by atoms with Gasteiger partial charge >= 0.3 is 0 Å². The Labute approximate surface area is 192 Å². The fraction of sp³-hybridized carbons (Fsp3) is 0.333. The summed E-state index contributed by atoms with van der Waals surface area (Å²) in [5, 5.41) is 0. The van der Waals surface area contributed by atoms with Gasteiger partial charge in [0.15, 0.2) is 0 Å². The molecule has 172 valence electrons. The number of anilines is 1. The van der Waals surface area contributed by atoms with Gasteiger partial charge in [0.05, 0.1) is 31.5 Å². The van der Waals surface area contributed by atoms with Gasteiger partial charge in [-0.05, 0) is 23.8 Å². The molecule has 1 aromatic carbocycles. The lowest BCUT2D eigenvalue weighted by atomic mass is 10.0. The van der Waals surface area contributed by atoms with Crippen molar-refractivity contribution in [1.82, 2.24) is 19.4 Å². The summed E-state index contributed by atoms with van der Waals surface area (Å²) in [6, 6.07) is 10.6. The summed E-state index contributed by atoms with van der Waals surface area (Å²) in [4.78, 5) is 37.7. The number of nitrogens with zero attached hydrogens (tertiary/aromatic N) is 5. The molecule has 2 aromatic heterocycles. The van der Waals surface area contributed by atoms with Crippen LogP contribution in [0.1, 0.15) is 22.2 Å². The van der Waals surface area contributed by atoms with Gasteiger partial charge in [0, 0.05) is 51.7 Å². The zero-order valence-electron chi connectivity index (χ0n) is 19.2. The second-order valence-electron chi connectivity index (χ2n) is 8.07. The Morgan fingerprint density at radius 2 is 2.06 bits per heavy atom. The van der Waals surface area contributed by atoms with E-state index in [1.54, 1.807) is 37.5 Å². The van der Waals surface area contributed by atoms with E-state index in [-0.39, 0.29) is 11.5 Å². The molecule has 1 aliphatic rings. The molecule has 3 heterocycles. The van der Waals surface area contributed by atoms with Gasteiger partial charge in [-0.3, -0.25) is 9.59 Å². The Balaban J connectivity index is 1.69. The van der Waals surface area contributed by atoms with E-state index >= 15 is 0 Å². The molecule has 0 spiro atoms. The molecule has 0 bridgehead atoms. The number of aryl methyl sites for hydroxylation is 1. The molecule has 1 fully saturated rings. The van der Waals surface area contributed by atoms with Crippen molar-refractivity contribution in [3.63, 3.8) is 0 Å². The Morgan fingerprint density at radius 1 is 1.24 bits per heavy atom. The third-order valence-electron chi connectivity index (χ3n) is 5.58. The molecule has 3 aromatic rings. The third kappa shape index (κ3) is 4.73. The van der Waals surface area contributed by atoms with E-state index in [0.29, 0.717) is 36.9 Å². The van der Waals surface area contributed by atoms with Crippen LogP contribution in [-0.2, 0) is 11.8 Å². The standard InChI is InChI=1S/C24H27N5O4/c1-27(2)24-25-13-19(16-6-5-7-18(12-16)32-4)22(26-24)20-15-29(10-11-33-20)23(31)17-8-9-21(30)28(3)14-17/h5-9,12-14,20H,10-11,15H2,1-4H3/t20-/m1/s1. The maximum absolute atomic E-state index is 13.2. The minimum atomic E-state index is -0.432. The Kier molecular flexibility index (Phi) is 6.41. The summed E-state index contributed by atoms with van der Waals surface area (Å²) in [6.07, 6.45) is 2.91. The highest BCUT2D eigenvalue weighted by atomic mass is 16.5. The summed E-state index contributed by atoms with van der Waals surface area (Å²) >= 11 is 0. The van der Waals surface area contributed by atoms with Crippen LogP contribution in [-0.4, -0.2) is 66.2 Å². The van der Waals surface area contributed by atoms with E-state index in [0.717, 1.165) is 16.9 Å². The van der Waals surface area contributed by atoms with Crippen molar-refractivity contribution in [3.8, 4) is 16.9 Å². The maximum Gasteiger partial charge on any atom is 0.255 e. The summed E-state index contributed by atoms with van der Waals surface area (Å²) in [7, 11) is 7.01. The predicted octanol–water partition coefficient (Wildman–Crippen LogP) is 2.13. The van der Waals surface area contributed by atoms with E-state index < -0.39 is 6.10 Å². The number of pyridine rings is 1. The Hall–Kier alpha value is -3.72. The van der Waals surface area contributed by atoms with E-state index in [1.807, 2.05) is 43.3 Å². The molecular weight excluding hydrogens is 422 g/mol. The van der Waals surface area contributed by atoms with Crippen LogP contribution in [0.4, 0.5) is 5.95 Å². The van der Waals surface area contributed by atoms with Crippen molar-refractivity contribution in [3.05, 3.63) is 70.4 Å². The smallest absolute Gasteiger partial charge is 0.255 e. The first-order valence-corrected chi connectivity index (χ1v) is 10.6. The molecule has 0 unspecified atom stereocenters. The normalized spacial score (nSPS) is 15.9. The second-order valence-corrected chi connectivity index (χ2v) is 8.07. The highest BCUT2D eigenvalue weighted by Gasteiger charge is 2.30. The minimum absolute atomic E-state index is 0.149. The maximum atomic E-state index is 13.2. The number of amides is 1. The molecule has 0 aliphatic carbocycles. The topological polar surface area (TPSA) is 89.8 Å². The zero-order chi connectivity index (χ0) is 23.5. The highest BCUT2D eigenvalue weighted by Crippen LogP contribution is 2.33. The van der Waals surface area contributed by atoms with Crippen LogP contribution >= 0.6 is 0 Å². The number of ether oxygens (including phenoxy) is 2. The van der Waals surface area contributed by atoms with Gasteiger partial charge in [-0.1, -0.05) is 12.1 Å². The first-order chi connectivity index (χ1) is 15.9. The first kappa shape index (κ1) is 22.5. The summed E-state index contributed by atoms with van der Waals surface area (Å²) in [5.41, 5.74) is 2.73. The molecule has 4 rings (SSSR count). The molecule has 0 radical (unpaired) electrons. The van der Waals surface area contributed by atoms with Gasteiger partial charge in [-0.15, -0.1) is 0 Å². The van der Waals surface area contributed by atoms with E-state index in [2.05, 4.69) is 4.98 Å². The van der Waals surface area contributed by atoms with Crippen molar-refractivity contribution in [2.75, 3.05) is 45.8 Å². The van der Waals surface area contributed by atoms with Crippen molar-refractivity contribution >= 4 is 11.9 Å². The molecule has 1 amide bonds. The van der Waals surface area contributed by atoms with Gasteiger partial charge in [0.2, 0.25) is 11.5 Å². The summed E-state index contributed by atoms with van der Waals surface area (Å²) < 4.78 is 12.9. The van der Waals surface area contributed by atoms with Crippen LogP contribution in [0.3, 0.4) is 0 Å². The van der Waals surface area contributed by atoms with Crippen molar-refractivity contribution in [2.45, 2.75) is 6.10 Å². The second kappa shape index (κ2) is 9.41. The summed E-state index contributed by atoms with van der Waals surface area (Å²) in [6.45, 7) is 1.17. The van der Waals surface area contributed by atoms with Crippen molar-refractivity contribution in [1.29, 1.82) is 0 Å². The average Bonchev–Trinajstić information content (AvgIpc) is 2.85. The van der Waals surface area contributed by atoms with Gasteiger partial charge in [-0.25, -0.2) is 9.97 Å². The van der Waals surface area contributed by atoms with Gasteiger partial charge < -0.3 is 23.8 Å². The lowest BCUT2D eigenvalue weighted by molar-refractivity contribution is -0.0244. The van der Waals surface area contributed by atoms with Gasteiger partial charge in [0.1, 0.15) is 11.9 Å². The van der Waals surface area contributed by atoms with Crippen LogP contribution in [0.2, 0.25) is 0 Å². The van der Waals surface area contributed by atoms with Crippen LogP contribution in [0.5, 0.6) is 5.75 Å². The molecule has 9 heteroatoms. The third-order valence-corrected chi connectivity index (χ3v) is 5.58. The van der Waals surface area contributed by atoms with Crippen LogP contribution in [0.25, 0.3) is 11.1 Å². The Bertz CT molecular complexity index is 1220. The number of carbonyl (C=O) groups excluding carboxylic acids is 1. The predicted molar refractivity (Wildman–Crippen MR) is 125 cm³/mol. The molecule has 1 aliphatic heterocycles. The fourth-order valence-corrected chi connectivity index (χ4v) is 3.76. The minimum Gasteiger partial charge on any atom is -0.497 e. The highest BCUT2D eigenvalue weighted by molar-refractivity contribution is 5.94. The van der Waals surface area contributed by atoms with Crippen LogP contribution in [0.15, 0.2) is 53.6 Å². The summed E-state index contributed by atoms with van der Waals surface area (Å²) in [5.74, 6) is 1.14. The largest absolute Gasteiger partial charge is 0.497 e. The molecular formula is C24H27N5O4. The number of hydrogen-bond acceptors (Lipinski definition) is 7. The molecule has 0 N–H and O–H groups in total. The molecule has 9 nitrogen and oxygen atoms in total. The molecule has 0 saturated carbocycles. The molecule has 1 saturated heterocycles. The lowest BCUT2D eigenvalue weighted by Crippen LogP contribution is -2.43. The number of morpholine rings is 1. The number of methoxy groups -OCH3 is 1. The number of rotatable bonds is 5. The quantitative estimate of drug-likeness (QED) is 0.589. The number of carbonyl (C=O) groups is 1. The molecule has 1 atom stereocenters. The van der Waals surface area contributed by atoms with Gasteiger partial charge in [0.25, 0.3) is 5.91 Å². The number of hydrogen-bond donors (Lipinski definition) is 0. The fourth-order valence-electron chi connectivity index (χ4n) is 3.76. The van der Waals surface area contributed by atoms with Gasteiger partial charge in [-0.2, -0.15) is 0 Å². The lowest BCUT2D eigenvalue weighted by Gasteiger charge is -2.33. The van der Waals surface area contributed by atoms with Crippen molar-refractivity contribution < 1.29 is 14.3 Å². The SMILES string of the molecule is COc1cccc(-c2cnc(N(C)C)nc2[C@H]2CN(C(=O)c3ccc(=O)n(C)c3)CCO2)c1. The van der Waals surface area contributed by atoms with Crippen molar-refractivity contribution in [2.24, 2.45) is 7.05 Å². The van der Waals surface area contributed by atoms with E-state index in [9.17, 15) is 9.59 Å². The number of benzene rings is 1. The first-order valence-electron chi connectivity index (χ1n) is 10.6. The number of aromatic nitrogens is 3. The van der Waals surface area contributed by atoms with E-state index in [1.165, 1.54) is 10.6 Å². The monoisotopic (exact) mass is 449 g/mol.